The molecule has 0 aliphatic carbocycles. The number of carbonyl (C=O) groups is 1. The average Bonchev–Trinajstić information content (AvgIpc) is 2.94. The summed E-state index contributed by atoms with van der Waals surface area (Å²) >= 11 is 0. The highest BCUT2D eigenvalue weighted by atomic mass is 32.2. The summed E-state index contributed by atoms with van der Waals surface area (Å²) in [5, 5.41) is 2.77. The molecule has 0 saturated carbocycles. The summed E-state index contributed by atoms with van der Waals surface area (Å²) in [7, 11) is -2.10. The van der Waals surface area contributed by atoms with E-state index in [0.29, 0.717) is 17.1 Å². The van der Waals surface area contributed by atoms with Gasteiger partial charge in [-0.1, -0.05) is 12.1 Å². The third-order valence-electron chi connectivity index (χ3n) is 6.07. The monoisotopic (exact) mass is 592 g/mol. The Morgan fingerprint density at radius 1 is 0.775 bits per heavy atom. The van der Waals surface area contributed by atoms with E-state index in [9.17, 15) is 21.6 Å². The minimum Gasteiger partial charge on any atom is -0.497 e. The third kappa shape index (κ3) is 6.77. The first kappa shape index (κ1) is 30.6. The van der Waals surface area contributed by atoms with Gasteiger partial charge in [-0.2, -0.15) is 0 Å². The first-order chi connectivity index (χ1) is 18.8. The molecule has 0 spiro atoms. The van der Waals surface area contributed by atoms with Gasteiger partial charge < -0.3 is 24.3 Å². The zero-order valence-corrected chi connectivity index (χ0v) is 24.6. The first-order valence-corrected chi connectivity index (χ1v) is 15.2. The summed E-state index contributed by atoms with van der Waals surface area (Å²) < 4.78 is 73.7. The summed E-state index contributed by atoms with van der Waals surface area (Å²) in [4.78, 5) is 13.3. The first-order valence-electron chi connectivity index (χ1n) is 11.9. The summed E-state index contributed by atoms with van der Waals surface area (Å²) in [6.07, 6.45) is 1.10. The molecule has 216 valence electrons. The van der Waals surface area contributed by atoms with Crippen LogP contribution in [0.2, 0.25) is 0 Å². The van der Waals surface area contributed by atoms with Crippen molar-refractivity contribution in [3.8, 4) is 23.0 Å². The van der Waals surface area contributed by atoms with Crippen LogP contribution in [0.1, 0.15) is 18.5 Å². The standard InChI is InChI=1S/C27H32N2O9S2/c1-18(19-7-10-21(11-8-19)39(6,31)32)28-27(30)17-29(23-15-20(35-2)9-13-24(23)36-3)40(33,34)22-12-14-25(37-4)26(16-22)38-5/h7-16,18H,17H2,1-6H3,(H,28,30). The Bertz CT molecular complexity index is 1570. The quantitative estimate of drug-likeness (QED) is 0.336. The normalized spacial score (nSPS) is 12.2. The van der Waals surface area contributed by atoms with Crippen LogP contribution in [-0.4, -0.2) is 64.0 Å². The number of rotatable bonds is 12. The lowest BCUT2D eigenvalue weighted by atomic mass is 10.1. The number of hydrogen-bond acceptors (Lipinski definition) is 9. The molecule has 0 saturated heterocycles. The van der Waals surface area contributed by atoms with Gasteiger partial charge >= 0.3 is 0 Å². The predicted octanol–water partition coefficient (Wildman–Crippen LogP) is 3.20. The molecular formula is C27H32N2O9S2. The molecule has 3 rings (SSSR count). The molecule has 1 N–H and O–H groups in total. The fourth-order valence-electron chi connectivity index (χ4n) is 3.90. The maximum Gasteiger partial charge on any atom is 0.265 e. The van der Waals surface area contributed by atoms with Gasteiger partial charge in [-0.15, -0.1) is 0 Å². The van der Waals surface area contributed by atoms with E-state index < -0.39 is 38.4 Å². The molecule has 0 radical (unpaired) electrons. The molecule has 0 aliphatic rings. The van der Waals surface area contributed by atoms with Gasteiger partial charge in [0.05, 0.1) is 50.0 Å². The minimum atomic E-state index is -4.35. The van der Waals surface area contributed by atoms with E-state index in [2.05, 4.69) is 5.32 Å². The van der Waals surface area contributed by atoms with Crippen LogP contribution >= 0.6 is 0 Å². The van der Waals surface area contributed by atoms with Crippen molar-refractivity contribution in [3.63, 3.8) is 0 Å². The van der Waals surface area contributed by atoms with Crippen molar-refractivity contribution in [2.45, 2.75) is 22.8 Å². The lowest BCUT2D eigenvalue weighted by Crippen LogP contribution is -2.41. The zero-order valence-electron chi connectivity index (χ0n) is 23.0. The maximum absolute atomic E-state index is 14.0. The van der Waals surface area contributed by atoms with Crippen molar-refractivity contribution >= 4 is 31.5 Å². The molecule has 1 amide bonds. The van der Waals surface area contributed by atoms with Crippen LogP contribution < -0.4 is 28.6 Å². The van der Waals surface area contributed by atoms with Crippen molar-refractivity contribution < 1.29 is 40.6 Å². The lowest BCUT2D eigenvalue weighted by Gasteiger charge is -2.27. The number of nitrogens with one attached hydrogen (secondary N) is 1. The molecule has 3 aromatic rings. The van der Waals surface area contributed by atoms with E-state index in [1.165, 1.54) is 70.9 Å². The Kier molecular flexibility index (Phi) is 9.53. The van der Waals surface area contributed by atoms with E-state index in [4.69, 9.17) is 18.9 Å². The summed E-state index contributed by atoms with van der Waals surface area (Å²) in [6.45, 7) is 1.10. The molecule has 0 fully saturated rings. The van der Waals surface area contributed by atoms with Crippen molar-refractivity contribution in [2.75, 3.05) is 45.5 Å². The molecule has 0 bridgehead atoms. The highest BCUT2D eigenvalue weighted by molar-refractivity contribution is 7.93. The van der Waals surface area contributed by atoms with Crippen molar-refractivity contribution in [1.29, 1.82) is 0 Å². The third-order valence-corrected chi connectivity index (χ3v) is 8.95. The van der Waals surface area contributed by atoms with Gasteiger partial charge in [-0.25, -0.2) is 16.8 Å². The van der Waals surface area contributed by atoms with Crippen LogP contribution in [0, 0.1) is 0 Å². The number of sulfone groups is 1. The molecule has 13 heteroatoms. The van der Waals surface area contributed by atoms with E-state index in [1.807, 2.05) is 0 Å². The van der Waals surface area contributed by atoms with Crippen LogP contribution in [0.25, 0.3) is 0 Å². The summed E-state index contributed by atoms with van der Waals surface area (Å²) in [6, 6.07) is 14.2. The van der Waals surface area contributed by atoms with Crippen LogP contribution in [0.5, 0.6) is 23.0 Å². The number of sulfonamides is 1. The van der Waals surface area contributed by atoms with Gasteiger partial charge in [0.1, 0.15) is 18.0 Å². The number of nitrogens with zero attached hydrogens (tertiary/aromatic N) is 1. The molecule has 3 aromatic carbocycles. The van der Waals surface area contributed by atoms with Crippen molar-refractivity contribution in [3.05, 3.63) is 66.2 Å². The molecule has 11 nitrogen and oxygen atoms in total. The van der Waals surface area contributed by atoms with E-state index >= 15 is 0 Å². The number of benzene rings is 3. The second kappa shape index (κ2) is 12.5. The molecule has 0 aromatic heterocycles. The number of carbonyl (C=O) groups excluding carboxylic acids is 1. The highest BCUT2D eigenvalue weighted by Crippen LogP contribution is 2.37. The fraction of sp³-hybridized carbons (Fsp3) is 0.296. The molecular weight excluding hydrogens is 560 g/mol. The van der Waals surface area contributed by atoms with Crippen LogP contribution in [0.4, 0.5) is 5.69 Å². The Hall–Kier alpha value is -3.97. The Morgan fingerprint density at radius 3 is 1.90 bits per heavy atom. The summed E-state index contributed by atoms with van der Waals surface area (Å²) in [5.74, 6) is 0.455. The highest BCUT2D eigenvalue weighted by Gasteiger charge is 2.31. The topological polar surface area (TPSA) is 138 Å². The molecule has 1 unspecified atom stereocenters. The average molecular weight is 593 g/mol. The number of anilines is 1. The largest absolute Gasteiger partial charge is 0.497 e. The zero-order chi connectivity index (χ0) is 29.7. The maximum atomic E-state index is 14.0. The molecule has 0 aliphatic heterocycles. The van der Waals surface area contributed by atoms with Crippen LogP contribution in [0.3, 0.4) is 0 Å². The van der Waals surface area contributed by atoms with E-state index in [-0.39, 0.29) is 27.0 Å². The predicted molar refractivity (Wildman–Crippen MR) is 150 cm³/mol. The van der Waals surface area contributed by atoms with Gasteiger partial charge in [0.25, 0.3) is 10.0 Å². The number of ether oxygens (including phenoxy) is 4. The van der Waals surface area contributed by atoms with Gasteiger partial charge in [-0.3, -0.25) is 9.10 Å². The number of hydrogen-bond donors (Lipinski definition) is 1. The molecule has 40 heavy (non-hydrogen) atoms. The second-order valence-corrected chi connectivity index (χ2v) is 12.6. The molecule has 1 atom stereocenters. The van der Waals surface area contributed by atoms with E-state index in [0.717, 1.165) is 10.6 Å². The van der Waals surface area contributed by atoms with Gasteiger partial charge in [0.15, 0.2) is 21.3 Å². The fourth-order valence-corrected chi connectivity index (χ4v) is 5.97. The smallest absolute Gasteiger partial charge is 0.265 e. The van der Waals surface area contributed by atoms with Crippen molar-refractivity contribution in [1.82, 2.24) is 5.32 Å². The Labute approximate surface area is 234 Å². The SMILES string of the molecule is COc1ccc(OC)c(N(CC(=O)NC(C)c2ccc(S(C)(=O)=O)cc2)S(=O)(=O)c2ccc(OC)c(OC)c2)c1. The summed E-state index contributed by atoms with van der Waals surface area (Å²) in [5.41, 5.74) is 0.714. The van der Waals surface area contributed by atoms with Crippen LogP contribution in [0.15, 0.2) is 70.5 Å². The molecule has 0 heterocycles. The van der Waals surface area contributed by atoms with Crippen molar-refractivity contribution in [2.24, 2.45) is 0 Å². The lowest BCUT2D eigenvalue weighted by molar-refractivity contribution is -0.120. The van der Waals surface area contributed by atoms with Gasteiger partial charge in [0.2, 0.25) is 5.91 Å². The van der Waals surface area contributed by atoms with E-state index in [1.54, 1.807) is 25.1 Å². The van der Waals surface area contributed by atoms with Gasteiger partial charge in [-0.05, 0) is 48.9 Å². The second-order valence-electron chi connectivity index (χ2n) is 8.70. The van der Waals surface area contributed by atoms with Gasteiger partial charge in [0, 0.05) is 18.4 Å². The number of amides is 1. The Morgan fingerprint density at radius 2 is 1.35 bits per heavy atom. The number of methoxy groups -OCH3 is 4. The Balaban J connectivity index is 2.01. The minimum absolute atomic E-state index is 0.0805. The van der Waals surface area contributed by atoms with Crippen LogP contribution in [-0.2, 0) is 24.7 Å².